The Hall–Kier alpha value is -10.7. The van der Waals surface area contributed by atoms with Crippen LogP contribution in [0, 0.1) is 6.92 Å². The quantitative estimate of drug-likeness (QED) is 0.0452. The topological polar surface area (TPSA) is 175 Å². The van der Waals surface area contributed by atoms with Crippen molar-refractivity contribution in [3.63, 3.8) is 0 Å². The first-order valence-electron chi connectivity index (χ1n) is 49.1. The lowest BCUT2D eigenvalue weighted by molar-refractivity contribution is 0.121. The van der Waals surface area contributed by atoms with E-state index in [0.29, 0.717) is 53.4 Å². The number of anilines is 5. The summed E-state index contributed by atoms with van der Waals surface area (Å²) >= 11 is 0. The molecule has 0 bridgehead atoms. The molecule has 21 rings (SSSR count). The lowest BCUT2D eigenvalue weighted by Gasteiger charge is -2.34. The molecule has 0 spiro atoms. The molecule has 5 saturated heterocycles. The van der Waals surface area contributed by atoms with Crippen LogP contribution in [0.4, 0.5) is 29.0 Å². The monoisotopic (exact) mass is 1760 g/mol. The molecule has 9 heterocycles. The van der Waals surface area contributed by atoms with E-state index in [9.17, 15) is 0 Å². The van der Waals surface area contributed by atoms with Gasteiger partial charge in [-0.1, -0.05) is 104 Å². The fourth-order valence-electron chi connectivity index (χ4n) is 20.8. The fourth-order valence-corrected chi connectivity index (χ4v) is 20.8. The third kappa shape index (κ3) is 22.0. The molecule has 4 aliphatic carbocycles. The number of aromatic nitrogens is 8. The number of fused-ring (bicyclic) bond motifs is 4. The number of benzene rings is 8. The number of piperidine rings is 4. The number of hydrogen-bond donors (Lipinski definition) is 0. The zero-order chi connectivity index (χ0) is 90.0. The lowest BCUT2D eigenvalue weighted by Crippen LogP contribution is -2.34. The van der Waals surface area contributed by atoms with E-state index in [-0.39, 0.29) is 0 Å². The number of methoxy groups -OCH3 is 5. The molecule has 4 aromatic heterocycles. The SMILES string of the molecule is CCCN(C)Cc1ccc2nc(C3CC3)nc(N3CCC(c4ccccc4OC)CC3)c2c1.COCCN(C)Cc1ccc2nc(C3CC3)nc(N3CCC(c4ccccc4OC)CC3)c2c1.CO[C@H]1CCN(c2ccc3nc(C4CC4)nc(N4CCC(c5ccccc5C)CC4)c3c2)C1.COc1ccccc1C1CCN(c2nc(C3CC3)nc3ccc(CN(C)C)cc23)CC1. The predicted molar refractivity (Wildman–Crippen MR) is 533 cm³/mol. The maximum atomic E-state index is 5.64. The molecule has 1 atom stereocenters. The van der Waals surface area contributed by atoms with Crippen LogP contribution in [-0.4, -0.2) is 210 Å². The molecule has 8 aromatic carbocycles. The molecular weight excluding hydrogens is 1630 g/mol. The average molecular weight is 1760 g/mol. The smallest absolute Gasteiger partial charge is 0.140 e. The summed E-state index contributed by atoms with van der Waals surface area (Å²) in [5.41, 5.74) is 16.5. The van der Waals surface area contributed by atoms with Crippen LogP contribution in [0.1, 0.15) is 238 Å². The van der Waals surface area contributed by atoms with Gasteiger partial charge in [-0.2, -0.15) is 0 Å². The Balaban J connectivity index is 0.000000117. The fraction of sp³-hybridized carbons (Fsp3) is 0.491. The first-order chi connectivity index (χ1) is 64.1. The van der Waals surface area contributed by atoms with Gasteiger partial charge in [-0.3, -0.25) is 4.90 Å². The zero-order valence-corrected chi connectivity index (χ0v) is 79.6. The number of para-hydroxylation sites is 3. The van der Waals surface area contributed by atoms with Gasteiger partial charge in [0.05, 0.1) is 56.1 Å². The normalized spacial score (nSPS) is 18.4. The molecule has 9 aliphatic rings. The highest BCUT2D eigenvalue weighted by Crippen LogP contribution is 2.48. The van der Waals surface area contributed by atoms with Crippen molar-refractivity contribution < 1.29 is 23.7 Å². The van der Waals surface area contributed by atoms with Crippen molar-refractivity contribution in [3.8, 4) is 17.2 Å². The molecule has 21 nitrogen and oxygen atoms in total. The molecule has 12 aromatic rings. The van der Waals surface area contributed by atoms with E-state index in [1.807, 2.05) is 13.2 Å². The highest BCUT2D eigenvalue weighted by Gasteiger charge is 2.37. The van der Waals surface area contributed by atoms with E-state index in [1.54, 1.807) is 28.4 Å². The molecule has 21 heteroatoms. The van der Waals surface area contributed by atoms with E-state index in [2.05, 4.69) is 245 Å². The third-order valence-corrected chi connectivity index (χ3v) is 28.8. The Bertz CT molecular complexity index is 5870. The van der Waals surface area contributed by atoms with Crippen LogP contribution in [0.5, 0.6) is 17.2 Å². The highest BCUT2D eigenvalue weighted by atomic mass is 16.5. The minimum Gasteiger partial charge on any atom is -0.496 e. The molecule has 0 unspecified atom stereocenters. The number of rotatable bonds is 28. The first kappa shape index (κ1) is 90.8. The van der Waals surface area contributed by atoms with Crippen LogP contribution in [0.3, 0.4) is 0 Å². The van der Waals surface area contributed by atoms with Crippen LogP contribution in [-0.2, 0) is 29.1 Å². The number of likely N-dealkylation sites (N-methyl/N-ethyl adjacent to an activating group) is 1. The largest absolute Gasteiger partial charge is 0.496 e. The third-order valence-electron chi connectivity index (χ3n) is 28.8. The van der Waals surface area contributed by atoms with Crippen LogP contribution in [0.2, 0.25) is 0 Å². The maximum Gasteiger partial charge on any atom is 0.140 e. The maximum absolute atomic E-state index is 5.64. The second-order valence-corrected chi connectivity index (χ2v) is 38.9. The van der Waals surface area contributed by atoms with E-state index < -0.39 is 0 Å². The summed E-state index contributed by atoms with van der Waals surface area (Å²) in [6, 6.07) is 61.3. The standard InChI is InChI=1S/C28H36N4O2.C28H34N4O.C28H36N4O.C26H32N4O/c1-31(16-17-33-2)19-20-8-11-25-24(18-20)28(30-27(29-25)22-9-10-22)32-14-12-21(13-15-32)23-6-4-5-7-26(23)34-3;1-19-5-3-4-6-24(19)20-11-14-31(15-12-20)28-25-17-22(32-16-13-23(18-32)33-2)9-10-26(25)29-27(30-28)21-7-8-21;1-4-15-31(2)19-20-9-12-25-24(18-20)28(30-27(29-25)22-10-11-22)32-16-13-21(14-17-32)23-7-5-6-8-26(23)33-3;1-29(2)17-18-8-11-23-22(16-18)26(28-25(27-23)20-9-10-20)30-14-12-19(13-15-30)21-6-4-5-7-24(21)31-3/h4-8,11,18,21-22H,9-10,12-17,19H2,1-3H3;3-6,9-10,17,20-21,23H,7-8,11-16,18H2,1-2H3;5-9,12,18,21-22H,4,10-11,13-17,19H2,1-3H3;4-8,11,16,19-20H,9-10,12-15,17H2,1-3H3/t;23-;;/m.0../s1. The molecule has 0 N–H and O–H groups in total. The van der Waals surface area contributed by atoms with Gasteiger partial charge in [-0.05, 0) is 298 Å². The Morgan fingerprint density at radius 2 is 0.641 bits per heavy atom. The molecule has 9 fully saturated rings. The van der Waals surface area contributed by atoms with Gasteiger partial charge >= 0.3 is 0 Å². The number of hydrogen-bond acceptors (Lipinski definition) is 21. The van der Waals surface area contributed by atoms with Gasteiger partial charge in [-0.25, -0.2) is 39.9 Å². The summed E-state index contributed by atoms with van der Waals surface area (Å²) in [5, 5.41) is 4.78. The number of ether oxygens (including phenoxy) is 5. The molecule has 4 saturated carbocycles. The van der Waals surface area contributed by atoms with Gasteiger partial charge in [-0.15, -0.1) is 0 Å². The molecule has 0 amide bonds. The zero-order valence-electron chi connectivity index (χ0n) is 79.6. The van der Waals surface area contributed by atoms with Gasteiger partial charge in [0.15, 0.2) is 0 Å². The van der Waals surface area contributed by atoms with E-state index >= 15 is 0 Å². The van der Waals surface area contributed by atoms with E-state index in [1.165, 1.54) is 142 Å². The molecule has 131 heavy (non-hydrogen) atoms. The Labute approximate surface area is 777 Å². The van der Waals surface area contributed by atoms with Gasteiger partial charge in [0.1, 0.15) is 63.8 Å². The predicted octanol–water partition coefficient (Wildman–Crippen LogP) is 21.1. The second kappa shape index (κ2) is 42.0. The summed E-state index contributed by atoms with van der Waals surface area (Å²) in [5.74, 6) is 16.1. The summed E-state index contributed by atoms with van der Waals surface area (Å²) in [6.07, 6.45) is 21.4. The van der Waals surface area contributed by atoms with Gasteiger partial charge in [0, 0.05) is 157 Å². The first-order valence-corrected chi connectivity index (χ1v) is 49.1. The summed E-state index contributed by atoms with van der Waals surface area (Å²) < 4.78 is 27.7. The minimum atomic E-state index is 0.328. The van der Waals surface area contributed by atoms with Crippen molar-refractivity contribution in [1.29, 1.82) is 0 Å². The average Bonchev–Trinajstić information content (AvgIpc) is 1.68. The van der Waals surface area contributed by atoms with Crippen molar-refractivity contribution >= 4 is 72.6 Å². The van der Waals surface area contributed by atoms with Crippen molar-refractivity contribution in [1.82, 2.24) is 54.6 Å². The Morgan fingerprint density at radius 3 is 0.969 bits per heavy atom. The van der Waals surface area contributed by atoms with Crippen LogP contribution in [0.15, 0.2) is 170 Å². The van der Waals surface area contributed by atoms with Gasteiger partial charge < -0.3 is 58.0 Å². The molecule has 5 aliphatic heterocycles. The van der Waals surface area contributed by atoms with Gasteiger partial charge in [0.2, 0.25) is 0 Å². The molecular formula is C110H138N16O5. The summed E-state index contributed by atoms with van der Waals surface area (Å²) in [6.45, 7) is 20.2. The van der Waals surface area contributed by atoms with Crippen LogP contribution in [0.25, 0.3) is 43.6 Å². The molecule has 0 radical (unpaired) electrons. The van der Waals surface area contributed by atoms with Crippen molar-refractivity contribution in [2.45, 2.75) is 203 Å². The summed E-state index contributed by atoms with van der Waals surface area (Å²) in [4.78, 5) is 59.8. The lowest BCUT2D eigenvalue weighted by atomic mass is 9.87. The van der Waals surface area contributed by atoms with Crippen LogP contribution < -0.4 is 38.7 Å². The highest BCUT2D eigenvalue weighted by molar-refractivity contribution is 5.94. The van der Waals surface area contributed by atoms with E-state index in [4.69, 9.17) is 63.6 Å². The van der Waals surface area contributed by atoms with Crippen LogP contribution >= 0.6 is 0 Å². The van der Waals surface area contributed by atoms with E-state index in [0.717, 1.165) is 236 Å². The van der Waals surface area contributed by atoms with Crippen molar-refractivity contribution in [2.75, 3.05) is 173 Å². The number of aryl methyl sites for hydroxylation is 1. The number of nitrogens with zero attached hydrogens (tertiary/aromatic N) is 16. The minimum absolute atomic E-state index is 0.328. The van der Waals surface area contributed by atoms with Crippen molar-refractivity contribution in [3.05, 3.63) is 238 Å². The Morgan fingerprint density at radius 1 is 0.321 bits per heavy atom. The summed E-state index contributed by atoms with van der Waals surface area (Å²) in [7, 11) is 17.4. The molecule has 688 valence electrons. The van der Waals surface area contributed by atoms with Gasteiger partial charge in [0.25, 0.3) is 0 Å². The second-order valence-electron chi connectivity index (χ2n) is 38.9. The Kier molecular flexibility index (Phi) is 29.2. The van der Waals surface area contributed by atoms with Crippen molar-refractivity contribution in [2.24, 2.45) is 0 Å².